The van der Waals surface area contributed by atoms with Crippen LogP contribution in [0.2, 0.25) is 0 Å². The van der Waals surface area contributed by atoms with E-state index in [2.05, 4.69) is 22.2 Å². The lowest BCUT2D eigenvalue weighted by Gasteiger charge is -2.15. The van der Waals surface area contributed by atoms with Crippen molar-refractivity contribution in [2.75, 3.05) is 6.61 Å². The summed E-state index contributed by atoms with van der Waals surface area (Å²) >= 11 is 0. The van der Waals surface area contributed by atoms with Gasteiger partial charge in [0.1, 0.15) is 11.8 Å². The molecule has 0 bridgehead atoms. The Balaban J connectivity index is 1.32. The number of unbranched alkanes of at least 4 members (excludes halogenated alkanes) is 4. The second kappa shape index (κ2) is 14.7. The molecule has 0 saturated carbocycles. The van der Waals surface area contributed by atoms with Crippen LogP contribution in [0.1, 0.15) is 60.5 Å². The van der Waals surface area contributed by atoms with Gasteiger partial charge in [-0.2, -0.15) is 0 Å². The van der Waals surface area contributed by atoms with Crippen LogP contribution in [0.3, 0.4) is 0 Å². The Hall–Kier alpha value is -4.52. The number of ether oxygens (including phenoxy) is 1. The third kappa shape index (κ3) is 8.73. The van der Waals surface area contributed by atoms with Gasteiger partial charge in [-0.05, 0) is 48.7 Å². The molecular weight excluding hydrogens is 514 g/mol. The number of benzene rings is 3. The van der Waals surface area contributed by atoms with E-state index >= 15 is 0 Å². The summed E-state index contributed by atoms with van der Waals surface area (Å²) in [5.74, 6) is -0.0644. The Morgan fingerprint density at radius 3 is 2.07 bits per heavy atom. The molecule has 0 aliphatic heterocycles. The van der Waals surface area contributed by atoms with Gasteiger partial charge in [0.15, 0.2) is 5.82 Å². The molecule has 212 valence electrons. The Morgan fingerprint density at radius 1 is 0.805 bits per heavy atom. The van der Waals surface area contributed by atoms with E-state index in [9.17, 15) is 14.7 Å². The van der Waals surface area contributed by atoms with Crippen LogP contribution < -0.4 is 10.1 Å². The molecule has 1 aromatic heterocycles. The maximum atomic E-state index is 12.5. The van der Waals surface area contributed by atoms with Crippen molar-refractivity contribution in [2.45, 2.75) is 58.4 Å². The number of hydrogen-bond donors (Lipinski definition) is 2. The Kier molecular flexibility index (Phi) is 10.6. The van der Waals surface area contributed by atoms with E-state index in [0.29, 0.717) is 11.4 Å². The molecule has 41 heavy (non-hydrogen) atoms. The maximum Gasteiger partial charge on any atom is 0.326 e. The summed E-state index contributed by atoms with van der Waals surface area (Å²) in [5.41, 5.74) is 4.97. The molecule has 0 radical (unpaired) electrons. The van der Waals surface area contributed by atoms with Crippen LogP contribution in [0.4, 0.5) is 0 Å². The molecule has 0 fully saturated rings. The molecule has 4 aromatic rings. The molecule has 3 aromatic carbocycles. The number of hydrogen-bond acceptors (Lipinski definition) is 5. The fourth-order valence-electron chi connectivity index (χ4n) is 4.44. The molecule has 0 aliphatic carbocycles. The van der Waals surface area contributed by atoms with E-state index in [0.717, 1.165) is 46.6 Å². The highest BCUT2D eigenvalue weighted by molar-refractivity contribution is 5.96. The number of rotatable bonds is 14. The number of carbonyl (C=O) groups is 2. The second-order valence-electron chi connectivity index (χ2n) is 10.2. The van der Waals surface area contributed by atoms with Crippen LogP contribution in [0.5, 0.6) is 5.75 Å². The summed E-state index contributed by atoms with van der Waals surface area (Å²) in [5, 5.41) is 12.3. The van der Waals surface area contributed by atoms with E-state index in [1.54, 1.807) is 24.5 Å². The first kappa shape index (κ1) is 29.5. The topological polar surface area (TPSA) is 101 Å². The number of nitrogens with zero attached hydrogens (tertiary/aromatic N) is 2. The van der Waals surface area contributed by atoms with Gasteiger partial charge in [0.25, 0.3) is 5.91 Å². The third-order valence-corrected chi connectivity index (χ3v) is 6.93. The predicted molar refractivity (Wildman–Crippen MR) is 161 cm³/mol. The lowest BCUT2D eigenvalue weighted by Crippen LogP contribution is -2.42. The fraction of sp³-hybridized carbons (Fsp3) is 0.294. The first-order valence-electron chi connectivity index (χ1n) is 14.2. The normalized spacial score (nSPS) is 11.6. The first-order chi connectivity index (χ1) is 19.9. The highest BCUT2D eigenvalue weighted by atomic mass is 16.5. The number of aryl methyl sites for hydroxylation is 1. The minimum absolute atomic E-state index is 0.158. The van der Waals surface area contributed by atoms with Crippen molar-refractivity contribution in [3.63, 3.8) is 0 Å². The molecule has 0 aliphatic rings. The van der Waals surface area contributed by atoms with Gasteiger partial charge >= 0.3 is 5.97 Å². The molecule has 0 unspecified atom stereocenters. The van der Waals surface area contributed by atoms with Crippen LogP contribution in [-0.2, 0) is 11.2 Å². The predicted octanol–water partition coefficient (Wildman–Crippen LogP) is 6.89. The van der Waals surface area contributed by atoms with Crippen molar-refractivity contribution < 1.29 is 19.4 Å². The van der Waals surface area contributed by atoms with Gasteiger partial charge in [0.05, 0.1) is 6.61 Å². The monoisotopic (exact) mass is 551 g/mol. The van der Waals surface area contributed by atoms with Crippen molar-refractivity contribution in [1.82, 2.24) is 15.3 Å². The van der Waals surface area contributed by atoms with Gasteiger partial charge in [0.2, 0.25) is 0 Å². The third-order valence-electron chi connectivity index (χ3n) is 6.93. The molecule has 0 spiro atoms. The largest absolute Gasteiger partial charge is 0.494 e. The molecule has 1 amide bonds. The summed E-state index contributed by atoms with van der Waals surface area (Å²) < 4.78 is 5.86. The number of carboxylic acid groups (broad SMARTS) is 1. The van der Waals surface area contributed by atoms with Crippen LogP contribution in [0.25, 0.3) is 22.5 Å². The highest BCUT2D eigenvalue weighted by Gasteiger charge is 2.21. The molecule has 2 N–H and O–H groups in total. The van der Waals surface area contributed by atoms with Gasteiger partial charge in [-0.1, -0.05) is 86.7 Å². The Bertz CT molecular complexity index is 1400. The Morgan fingerprint density at radius 2 is 1.44 bits per heavy atom. The summed E-state index contributed by atoms with van der Waals surface area (Å²) in [6.07, 6.45) is 9.80. The number of amides is 1. The van der Waals surface area contributed by atoms with Crippen molar-refractivity contribution >= 4 is 11.9 Å². The van der Waals surface area contributed by atoms with Gasteiger partial charge in [-0.25, -0.2) is 14.8 Å². The van der Waals surface area contributed by atoms with Gasteiger partial charge in [0, 0.05) is 35.5 Å². The smallest absolute Gasteiger partial charge is 0.326 e. The average Bonchev–Trinajstić information content (AvgIpc) is 2.99. The number of aromatic nitrogens is 2. The standard InChI is InChI=1S/C34H37N3O4/c1-3-4-5-6-7-20-41-30-18-16-26(17-19-30)29-22-35-32(36-23-29)27-14-10-25(11-15-27)21-31(34(39)40)37-33(38)28-12-8-24(2)9-13-28/h8-19,22-23,31H,3-7,20-21H2,1-2H3,(H,37,38)(H,39,40)/t31-/m0/s1. The quantitative estimate of drug-likeness (QED) is 0.165. The number of aliphatic carboxylic acids is 1. The van der Waals surface area contributed by atoms with Crippen LogP contribution in [-0.4, -0.2) is 39.6 Å². The fourth-order valence-corrected chi connectivity index (χ4v) is 4.44. The number of carboxylic acids is 1. The highest BCUT2D eigenvalue weighted by Crippen LogP contribution is 2.23. The molecule has 1 atom stereocenters. The summed E-state index contributed by atoms with van der Waals surface area (Å²) in [7, 11) is 0. The lowest BCUT2D eigenvalue weighted by atomic mass is 10.0. The van der Waals surface area contributed by atoms with E-state index in [-0.39, 0.29) is 6.42 Å². The maximum absolute atomic E-state index is 12.5. The molecule has 1 heterocycles. The van der Waals surface area contributed by atoms with Crippen LogP contribution >= 0.6 is 0 Å². The molecule has 7 nitrogen and oxygen atoms in total. The molecule has 0 saturated heterocycles. The molecule has 7 heteroatoms. The zero-order valence-electron chi connectivity index (χ0n) is 23.7. The summed E-state index contributed by atoms with van der Waals surface area (Å²) in [6, 6.07) is 21.3. The Labute approximate surface area is 241 Å². The zero-order valence-corrected chi connectivity index (χ0v) is 23.7. The van der Waals surface area contributed by atoms with Crippen LogP contribution in [0, 0.1) is 6.92 Å². The van der Waals surface area contributed by atoms with E-state index in [4.69, 9.17) is 4.74 Å². The lowest BCUT2D eigenvalue weighted by molar-refractivity contribution is -0.139. The number of nitrogens with one attached hydrogen (secondary N) is 1. The second-order valence-corrected chi connectivity index (χ2v) is 10.2. The number of carbonyl (C=O) groups excluding carboxylic acids is 1. The minimum atomic E-state index is -1.09. The van der Waals surface area contributed by atoms with Crippen molar-refractivity contribution in [3.8, 4) is 28.3 Å². The summed E-state index contributed by atoms with van der Waals surface area (Å²) in [6.45, 7) is 4.88. The first-order valence-corrected chi connectivity index (χ1v) is 14.2. The average molecular weight is 552 g/mol. The zero-order chi connectivity index (χ0) is 29.0. The molecule has 4 rings (SSSR count). The van der Waals surface area contributed by atoms with Crippen molar-refractivity contribution in [1.29, 1.82) is 0 Å². The van der Waals surface area contributed by atoms with E-state index in [1.165, 1.54) is 25.7 Å². The van der Waals surface area contributed by atoms with E-state index < -0.39 is 17.9 Å². The van der Waals surface area contributed by atoms with Crippen molar-refractivity contribution in [2.24, 2.45) is 0 Å². The van der Waals surface area contributed by atoms with E-state index in [1.807, 2.05) is 67.6 Å². The summed E-state index contributed by atoms with van der Waals surface area (Å²) in [4.78, 5) is 33.4. The SMILES string of the molecule is CCCCCCCOc1ccc(-c2cnc(-c3ccc(C[C@H](NC(=O)c4ccc(C)cc4)C(=O)O)cc3)nc2)cc1. The van der Waals surface area contributed by atoms with Gasteiger partial charge < -0.3 is 15.2 Å². The van der Waals surface area contributed by atoms with Gasteiger partial charge in [-0.15, -0.1) is 0 Å². The van der Waals surface area contributed by atoms with Crippen molar-refractivity contribution in [3.05, 3.63) is 102 Å². The van der Waals surface area contributed by atoms with Gasteiger partial charge in [-0.3, -0.25) is 4.79 Å². The van der Waals surface area contributed by atoms with Crippen LogP contribution in [0.15, 0.2) is 85.2 Å². The minimum Gasteiger partial charge on any atom is -0.494 e. The molecular formula is C34H37N3O4.